The summed E-state index contributed by atoms with van der Waals surface area (Å²) in [6, 6.07) is 15.9. The summed E-state index contributed by atoms with van der Waals surface area (Å²) >= 11 is 5.99. The maximum absolute atomic E-state index is 12.5. The Morgan fingerprint density at radius 2 is 1.85 bits per heavy atom. The van der Waals surface area contributed by atoms with Gasteiger partial charge in [-0.15, -0.1) is 0 Å². The molecule has 0 heterocycles. The topological polar surface area (TPSA) is 41.6 Å². The molecule has 4 nitrogen and oxygen atoms in total. The standard InChI is InChI=1S/C21H25ClN2O2/c1-24(14-15-3-11-19(26-2)12-4-15)20(25)13-23-21(16-5-6-16)17-7-9-18(22)10-8-17/h3-4,7-12,16,21,23H,5-6,13-14H2,1-2H3. The van der Waals surface area contributed by atoms with Gasteiger partial charge in [0.25, 0.3) is 0 Å². The lowest BCUT2D eigenvalue weighted by Crippen LogP contribution is -2.37. The molecule has 0 spiro atoms. The Labute approximate surface area is 160 Å². The minimum absolute atomic E-state index is 0.0837. The first-order valence-electron chi connectivity index (χ1n) is 8.92. The SMILES string of the molecule is COc1ccc(CN(C)C(=O)CNC(c2ccc(Cl)cc2)C2CC2)cc1. The average Bonchev–Trinajstić information content (AvgIpc) is 3.49. The van der Waals surface area contributed by atoms with E-state index in [1.54, 1.807) is 12.0 Å². The lowest BCUT2D eigenvalue weighted by Gasteiger charge is -2.22. The number of benzene rings is 2. The third kappa shape index (κ3) is 4.99. The molecule has 1 saturated carbocycles. The summed E-state index contributed by atoms with van der Waals surface area (Å²) in [7, 11) is 3.48. The minimum Gasteiger partial charge on any atom is -0.497 e. The van der Waals surface area contributed by atoms with Crippen LogP contribution in [0.2, 0.25) is 5.02 Å². The Hall–Kier alpha value is -2.04. The van der Waals surface area contributed by atoms with Crippen LogP contribution in [0.3, 0.4) is 0 Å². The van der Waals surface area contributed by atoms with Crippen molar-refractivity contribution in [1.82, 2.24) is 10.2 Å². The number of rotatable bonds is 8. The van der Waals surface area contributed by atoms with Gasteiger partial charge in [-0.2, -0.15) is 0 Å². The lowest BCUT2D eigenvalue weighted by atomic mass is 10.0. The van der Waals surface area contributed by atoms with Crippen LogP contribution in [-0.2, 0) is 11.3 Å². The number of halogens is 1. The Morgan fingerprint density at radius 3 is 2.42 bits per heavy atom. The lowest BCUT2D eigenvalue weighted by molar-refractivity contribution is -0.129. The maximum atomic E-state index is 12.5. The average molecular weight is 373 g/mol. The quantitative estimate of drug-likeness (QED) is 0.760. The van der Waals surface area contributed by atoms with E-state index in [0.29, 0.717) is 19.0 Å². The highest BCUT2D eigenvalue weighted by molar-refractivity contribution is 6.30. The highest BCUT2D eigenvalue weighted by atomic mass is 35.5. The van der Waals surface area contributed by atoms with Crippen LogP contribution in [0.4, 0.5) is 0 Å². The van der Waals surface area contributed by atoms with E-state index >= 15 is 0 Å². The summed E-state index contributed by atoms with van der Waals surface area (Å²) in [5.74, 6) is 1.51. The summed E-state index contributed by atoms with van der Waals surface area (Å²) in [5, 5.41) is 4.18. The number of carbonyl (C=O) groups excluding carboxylic acids is 1. The fourth-order valence-electron chi connectivity index (χ4n) is 3.08. The van der Waals surface area contributed by atoms with Gasteiger partial charge in [0, 0.05) is 24.7 Å². The largest absolute Gasteiger partial charge is 0.497 e. The Balaban J connectivity index is 1.54. The number of hydrogen-bond acceptors (Lipinski definition) is 3. The zero-order chi connectivity index (χ0) is 18.5. The second-order valence-electron chi connectivity index (χ2n) is 6.85. The van der Waals surface area contributed by atoms with Crippen LogP contribution in [0.25, 0.3) is 0 Å². The van der Waals surface area contributed by atoms with Crippen molar-refractivity contribution in [2.24, 2.45) is 5.92 Å². The van der Waals surface area contributed by atoms with Crippen molar-refractivity contribution in [3.8, 4) is 5.75 Å². The molecule has 1 amide bonds. The van der Waals surface area contributed by atoms with Crippen LogP contribution < -0.4 is 10.1 Å². The second kappa shape index (κ2) is 8.56. The molecule has 1 aliphatic carbocycles. The monoisotopic (exact) mass is 372 g/mol. The zero-order valence-electron chi connectivity index (χ0n) is 15.2. The summed E-state index contributed by atoms with van der Waals surface area (Å²) in [4.78, 5) is 14.3. The molecule has 2 aromatic carbocycles. The van der Waals surface area contributed by atoms with Crippen molar-refractivity contribution < 1.29 is 9.53 Å². The van der Waals surface area contributed by atoms with Gasteiger partial charge in [-0.05, 0) is 54.2 Å². The maximum Gasteiger partial charge on any atom is 0.236 e. The predicted octanol–water partition coefficient (Wildman–Crippen LogP) is 4.05. The molecule has 0 radical (unpaired) electrons. The van der Waals surface area contributed by atoms with E-state index in [1.165, 1.54) is 18.4 Å². The van der Waals surface area contributed by atoms with E-state index in [0.717, 1.165) is 16.3 Å². The first-order valence-corrected chi connectivity index (χ1v) is 9.30. The van der Waals surface area contributed by atoms with Gasteiger partial charge in [-0.3, -0.25) is 4.79 Å². The molecular formula is C21H25ClN2O2. The first kappa shape index (κ1) is 18.7. The molecule has 1 unspecified atom stereocenters. The van der Waals surface area contributed by atoms with Crippen molar-refractivity contribution in [1.29, 1.82) is 0 Å². The van der Waals surface area contributed by atoms with Crippen molar-refractivity contribution in [3.63, 3.8) is 0 Å². The molecular weight excluding hydrogens is 348 g/mol. The third-order valence-electron chi connectivity index (χ3n) is 4.80. The molecule has 26 heavy (non-hydrogen) atoms. The second-order valence-corrected chi connectivity index (χ2v) is 7.28. The highest BCUT2D eigenvalue weighted by Crippen LogP contribution is 2.41. The van der Waals surface area contributed by atoms with E-state index in [-0.39, 0.29) is 11.9 Å². The fraction of sp³-hybridized carbons (Fsp3) is 0.381. The van der Waals surface area contributed by atoms with Crippen molar-refractivity contribution >= 4 is 17.5 Å². The van der Waals surface area contributed by atoms with Crippen LogP contribution in [0.1, 0.15) is 30.0 Å². The number of nitrogens with zero attached hydrogens (tertiary/aromatic N) is 1. The molecule has 5 heteroatoms. The van der Waals surface area contributed by atoms with Crippen LogP contribution in [0.15, 0.2) is 48.5 Å². The van der Waals surface area contributed by atoms with E-state index < -0.39 is 0 Å². The fourth-order valence-corrected chi connectivity index (χ4v) is 3.21. The van der Waals surface area contributed by atoms with E-state index in [2.05, 4.69) is 5.32 Å². The van der Waals surface area contributed by atoms with Crippen molar-refractivity contribution in [3.05, 3.63) is 64.7 Å². The molecule has 0 aliphatic heterocycles. The molecule has 0 aromatic heterocycles. The van der Waals surface area contributed by atoms with Gasteiger partial charge in [-0.1, -0.05) is 35.9 Å². The molecule has 1 N–H and O–H groups in total. The highest BCUT2D eigenvalue weighted by Gasteiger charge is 2.32. The Morgan fingerprint density at radius 1 is 1.19 bits per heavy atom. The van der Waals surface area contributed by atoms with Gasteiger partial charge in [0.05, 0.1) is 13.7 Å². The van der Waals surface area contributed by atoms with Crippen LogP contribution in [0.5, 0.6) is 5.75 Å². The Kier molecular flexibility index (Phi) is 6.17. The molecule has 1 fully saturated rings. The summed E-state index contributed by atoms with van der Waals surface area (Å²) in [6.45, 7) is 0.913. The number of amides is 1. The molecule has 2 aromatic rings. The Bertz CT molecular complexity index is 727. The molecule has 0 saturated heterocycles. The number of nitrogens with one attached hydrogen (secondary N) is 1. The van der Waals surface area contributed by atoms with Gasteiger partial charge in [0.1, 0.15) is 5.75 Å². The number of methoxy groups -OCH3 is 1. The van der Waals surface area contributed by atoms with Crippen LogP contribution in [0, 0.1) is 5.92 Å². The number of ether oxygens (including phenoxy) is 1. The minimum atomic E-state index is 0.0837. The smallest absolute Gasteiger partial charge is 0.236 e. The van der Waals surface area contributed by atoms with Crippen molar-refractivity contribution in [2.75, 3.05) is 20.7 Å². The molecule has 1 aliphatic rings. The number of carbonyl (C=O) groups is 1. The van der Waals surface area contributed by atoms with Gasteiger partial charge in [0.2, 0.25) is 5.91 Å². The normalized spacial score (nSPS) is 14.7. The number of hydrogen-bond donors (Lipinski definition) is 1. The summed E-state index contributed by atoms with van der Waals surface area (Å²) < 4.78 is 5.17. The van der Waals surface area contributed by atoms with Crippen LogP contribution >= 0.6 is 11.6 Å². The zero-order valence-corrected chi connectivity index (χ0v) is 16.0. The summed E-state index contributed by atoms with van der Waals surface area (Å²) in [6.07, 6.45) is 2.41. The van der Waals surface area contributed by atoms with E-state index in [1.807, 2.05) is 55.6 Å². The molecule has 0 bridgehead atoms. The molecule has 3 rings (SSSR count). The number of likely N-dealkylation sites (N-methyl/N-ethyl adjacent to an activating group) is 1. The molecule has 1 atom stereocenters. The van der Waals surface area contributed by atoms with Gasteiger partial charge in [0.15, 0.2) is 0 Å². The summed E-state index contributed by atoms with van der Waals surface area (Å²) in [5.41, 5.74) is 2.28. The predicted molar refractivity (Wildman–Crippen MR) is 104 cm³/mol. The van der Waals surface area contributed by atoms with Gasteiger partial charge < -0.3 is 15.0 Å². The van der Waals surface area contributed by atoms with Gasteiger partial charge in [-0.25, -0.2) is 0 Å². The van der Waals surface area contributed by atoms with Crippen LogP contribution in [-0.4, -0.2) is 31.5 Å². The van der Waals surface area contributed by atoms with Crippen molar-refractivity contribution in [2.45, 2.75) is 25.4 Å². The first-order chi connectivity index (χ1) is 12.6. The van der Waals surface area contributed by atoms with E-state index in [4.69, 9.17) is 16.3 Å². The van der Waals surface area contributed by atoms with E-state index in [9.17, 15) is 4.79 Å². The molecule has 138 valence electrons. The van der Waals surface area contributed by atoms with Gasteiger partial charge >= 0.3 is 0 Å². The third-order valence-corrected chi connectivity index (χ3v) is 5.05.